The SMILES string of the molecule is CCNC(=NCC1(c2ccccc2Br)CC1)NC1CCCn2nc(C)nc21.I. The van der Waals surface area contributed by atoms with Crippen molar-refractivity contribution in [1.29, 1.82) is 0 Å². The molecule has 0 radical (unpaired) electrons. The van der Waals surface area contributed by atoms with Crippen LogP contribution < -0.4 is 10.6 Å². The van der Waals surface area contributed by atoms with Gasteiger partial charge >= 0.3 is 0 Å². The van der Waals surface area contributed by atoms with E-state index in [0.717, 1.165) is 50.1 Å². The number of halogens is 2. The number of fused-ring (bicyclic) bond motifs is 1. The minimum Gasteiger partial charge on any atom is -0.357 e. The summed E-state index contributed by atoms with van der Waals surface area (Å²) in [5.41, 5.74) is 1.55. The van der Waals surface area contributed by atoms with Gasteiger partial charge in [0.1, 0.15) is 11.6 Å². The summed E-state index contributed by atoms with van der Waals surface area (Å²) < 4.78 is 3.22. The highest BCUT2D eigenvalue weighted by atomic mass is 127. The van der Waals surface area contributed by atoms with Crippen LogP contribution in [0.2, 0.25) is 0 Å². The van der Waals surface area contributed by atoms with Crippen LogP contribution in [0.5, 0.6) is 0 Å². The van der Waals surface area contributed by atoms with Crippen LogP contribution in [0.25, 0.3) is 0 Å². The van der Waals surface area contributed by atoms with Gasteiger partial charge < -0.3 is 10.6 Å². The second-order valence-electron chi connectivity index (χ2n) is 7.53. The third kappa shape index (κ3) is 4.53. The molecule has 152 valence electrons. The van der Waals surface area contributed by atoms with Gasteiger partial charge in [0.2, 0.25) is 0 Å². The lowest BCUT2D eigenvalue weighted by Gasteiger charge is -2.25. The Morgan fingerprint density at radius 2 is 2.14 bits per heavy atom. The highest BCUT2D eigenvalue weighted by Crippen LogP contribution is 2.50. The van der Waals surface area contributed by atoms with Gasteiger partial charge in [-0.05, 0) is 51.2 Å². The van der Waals surface area contributed by atoms with E-state index in [0.29, 0.717) is 0 Å². The van der Waals surface area contributed by atoms with Crippen LogP contribution in [-0.2, 0) is 12.0 Å². The third-order valence-corrected chi connectivity index (χ3v) is 6.17. The first-order valence-electron chi connectivity index (χ1n) is 9.82. The van der Waals surface area contributed by atoms with Crippen molar-refractivity contribution in [2.24, 2.45) is 4.99 Å². The minimum absolute atomic E-state index is 0. The summed E-state index contributed by atoms with van der Waals surface area (Å²) in [7, 11) is 0. The van der Waals surface area contributed by atoms with Crippen LogP contribution in [0, 0.1) is 6.92 Å². The van der Waals surface area contributed by atoms with E-state index < -0.39 is 0 Å². The molecule has 1 atom stereocenters. The molecule has 1 aromatic carbocycles. The zero-order valence-electron chi connectivity index (χ0n) is 16.4. The lowest BCUT2D eigenvalue weighted by molar-refractivity contribution is 0.397. The predicted octanol–water partition coefficient (Wildman–Crippen LogP) is 4.09. The number of aryl methyl sites for hydroxylation is 2. The van der Waals surface area contributed by atoms with Crippen LogP contribution in [0.3, 0.4) is 0 Å². The standard InChI is InChI=1S/C20H27BrN6.HI/c1-3-22-19(25-17-9-6-12-27-18(17)24-14(2)26-27)23-13-20(10-11-20)15-7-4-5-8-16(15)21;/h4-5,7-8,17H,3,6,9-13H2,1-2H3,(H2,22,23,25);1H. The molecule has 1 saturated carbocycles. The van der Waals surface area contributed by atoms with Crippen molar-refractivity contribution >= 4 is 45.9 Å². The zero-order valence-corrected chi connectivity index (χ0v) is 20.3. The molecule has 2 aliphatic rings. The van der Waals surface area contributed by atoms with Crippen molar-refractivity contribution in [2.75, 3.05) is 13.1 Å². The van der Waals surface area contributed by atoms with Crippen molar-refractivity contribution in [1.82, 2.24) is 25.4 Å². The molecule has 8 heteroatoms. The molecule has 28 heavy (non-hydrogen) atoms. The maximum Gasteiger partial charge on any atom is 0.191 e. The summed E-state index contributed by atoms with van der Waals surface area (Å²) in [6.45, 7) is 6.64. The molecule has 1 aliphatic heterocycles. The summed E-state index contributed by atoms with van der Waals surface area (Å²) in [5.74, 6) is 2.73. The molecule has 1 aromatic heterocycles. The Kier molecular flexibility index (Phi) is 7.01. The molecule has 6 nitrogen and oxygen atoms in total. The van der Waals surface area contributed by atoms with Gasteiger partial charge in [0.25, 0.3) is 0 Å². The van der Waals surface area contributed by atoms with Crippen molar-refractivity contribution in [3.05, 3.63) is 46.0 Å². The topological polar surface area (TPSA) is 67.1 Å². The number of nitrogens with zero attached hydrogens (tertiary/aromatic N) is 4. The fourth-order valence-electron chi connectivity index (χ4n) is 3.88. The van der Waals surface area contributed by atoms with E-state index in [1.54, 1.807) is 0 Å². The summed E-state index contributed by atoms with van der Waals surface area (Å²) in [6, 6.07) is 8.69. The molecule has 0 saturated heterocycles. The van der Waals surface area contributed by atoms with E-state index in [4.69, 9.17) is 4.99 Å². The van der Waals surface area contributed by atoms with Gasteiger partial charge in [-0.3, -0.25) is 4.99 Å². The first-order valence-corrected chi connectivity index (χ1v) is 10.6. The number of guanidine groups is 1. The van der Waals surface area contributed by atoms with E-state index in [-0.39, 0.29) is 35.4 Å². The maximum atomic E-state index is 4.96. The normalized spacial score (nSPS) is 20.1. The number of hydrogen-bond donors (Lipinski definition) is 2. The Hall–Kier alpha value is -1.16. The molecule has 0 bridgehead atoms. The molecule has 4 rings (SSSR count). The zero-order chi connectivity index (χ0) is 18.9. The van der Waals surface area contributed by atoms with Crippen molar-refractivity contribution in [3.8, 4) is 0 Å². The van der Waals surface area contributed by atoms with E-state index in [2.05, 4.69) is 67.8 Å². The highest BCUT2D eigenvalue weighted by Gasteiger charge is 2.45. The number of benzene rings is 1. The van der Waals surface area contributed by atoms with Crippen molar-refractivity contribution in [2.45, 2.75) is 57.5 Å². The van der Waals surface area contributed by atoms with Crippen molar-refractivity contribution in [3.63, 3.8) is 0 Å². The van der Waals surface area contributed by atoms with Gasteiger partial charge in [0.05, 0.1) is 12.6 Å². The number of nitrogens with one attached hydrogen (secondary N) is 2. The van der Waals surface area contributed by atoms with Crippen LogP contribution in [0.1, 0.15) is 55.9 Å². The number of rotatable bonds is 5. The Balaban J connectivity index is 0.00000225. The summed E-state index contributed by atoms with van der Waals surface area (Å²) in [4.78, 5) is 9.58. The van der Waals surface area contributed by atoms with E-state index in [9.17, 15) is 0 Å². The first-order chi connectivity index (χ1) is 13.1. The molecule has 2 aromatic rings. The quantitative estimate of drug-likeness (QED) is 0.329. The average molecular weight is 559 g/mol. The molecule has 0 spiro atoms. The summed E-state index contributed by atoms with van der Waals surface area (Å²) in [6.07, 6.45) is 4.54. The van der Waals surface area contributed by atoms with Gasteiger partial charge in [-0.15, -0.1) is 24.0 Å². The third-order valence-electron chi connectivity index (χ3n) is 5.47. The van der Waals surface area contributed by atoms with Gasteiger partial charge in [0.15, 0.2) is 5.96 Å². The minimum atomic E-state index is 0. The largest absolute Gasteiger partial charge is 0.357 e. The van der Waals surface area contributed by atoms with E-state index in [1.807, 2.05) is 11.6 Å². The lowest BCUT2D eigenvalue weighted by atomic mass is 9.96. The van der Waals surface area contributed by atoms with Crippen LogP contribution in [0.4, 0.5) is 0 Å². The van der Waals surface area contributed by atoms with Crippen LogP contribution >= 0.6 is 39.9 Å². The maximum absolute atomic E-state index is 4.96. The molecule has 1 fully saturated rings. The predicted molar refractivity (Wildman–Crippen MR) is 126 cm³/mol. The van der Waals surface area contributed by atoms with Gasteiger partial charge in [-0.1, -0.05) is 34.1 Å². The second kappa shape index (κ2) is 9.11. The summed E-state index contributed by atoms with van der Waals surface area (Å²) in [5, 5.41) is 11.5. The molecule has 1 unspecified atom stereocenters. The van der Waals surface area contributed by atoms with Crippen molar-refractivity contribution < 1.29 is 0 Å². The van der Waals surface area contributed by atoms with Gasteiger partial charge in [-0.2, -0.15) is 5.10 Å². The molecule has 0 amide bonds. The smallest absolute Gasteiger partial charge is 0.191 e. The summed E-state index contributed by atoms with van der Waals surface area (Å²) >= 11 is 3.71. The fourth-order valence-corrected chi connectivity index (χ4v) is 4.58. The van der Waals surface area contributed by atoms with E-state index in [1.165, 1.54) is 22.9 Å². The van der Waals surface area contributed by atoms with Gasteiger partial charge in [-0.25, -0.2) is 9.67 Å². The first kappa shape index (κ1) is 21.5. The Morgan fingerprint density at radius 3 is 2.86 bits per heavy atom. The molecular weight excluding hydrogens is 531 g/mol. The molecule has 2 N–H and O–H groups in total. The van der Waals surface area contributed by atoms with Crippen LogP contribution in [-0.4, -0.2) is 33.8 Å². The van der Waals surface area contributed by atoms with E-state index >= 15 is 0 Å². The second-order valence-corrected chi connectivity index (χ2v) is 8.39. The Morgan fingerprint density at radius 1 is 1.36 bits per heavy atom. The molecular formula is C20H28BrIN6. The number of aliphatic imine (C=N–C) groups is 1. The molecule has 2 heterocycles. The average Bonchev–Trinajstić information content (AvgIpc) is 3.34. The number of aromatic nitrogens is 3. The Bertz CT molecular complexity index is 845. The van der Waals surface area contributed by atoms with Crippen LogP contribution in [0.15, 0.2) is 33.7 Å². The lowest BCUT2D eigenvalue weighted by Crippen LogP contribution is -2.42. The Labute approximate surface area is 192 Å². The van der Waals surface area contributed by atoms with Gasteiger partial charge in [0, 0.05) is 23.0 Å². The fraction of sp³-hybridized carbons (Fsp3) is 0.550. The monoisotopic (exact) mass is 558 g/mol. The molecule has 1 aliphatic carbocycles. The highest BCUT2D eigenvalue weighted by molar-refractivity contribution is 14.0. The number of hydrogen-bond acceptors (Lipinski definition) is 3.